The topological polar surface area (TPSA) is 55.6 Å². The molecule has 23 heavy (non-hydrogen) atoms. The molecule has 3 aromatic rings. The Kier molecular flexibility index (Phi) is 3.69. The lowest BCUT2D eigenvalue weighted by Gasteiger charge is -2.09. The van der Waals surface area contributed by atoms with Crippen LogP contribution in [0.2, 0.25) is 0 Å². The third-order valence-electron chi connectivity index (χ3n) is 4.59. The molecule has 0 atom stereocenters. The first-order valence-electron chi connectivity index (χ1n) is 8.29. The van der Waals surface area contributed by atoms with Crippen molar-refractivity contribution in [3.8, 4) is 0 Å². The smallest absolute Gasteiger partial charge is 0.137 e. The molecule has 2 heterocycles. The zero-order chi connectivity index (χ0) is 15.6. The molecule has 0 amide bonds. The van der Waals surface area contributed by atoms with E-state index in [0.29, 0.717) is 12.6 Å². The van der Waals surface area contributed by atoms with Gasteiger partial charge in [0, 0.05) is 11.6 Å². The average Bonchev–Trinajstić information content (AvgIpc) is 3.24. The highest BCUT2D eigenvalue weighted by Gasteiger charge is 2.17. The van der Waals surface area contributed by atoms with E-state index < -0.39 is 0 Å². The molecule has 4 rings (SSSR count). The first kappa shape index (κ1) is 14.2. The van der Waals surface area contributed by atoms with Crippen molar-refractivity contribution >= 4 is 16.7 Å². The number of fused-ring (bicyclic) bond motifs is 1. The van der Waals surface area contributed by atoms with Gasteiger partial charge in [0.05, 0.1) is 23.8 Å². The van der Waals surface area contributed by atoms with Gasteiger partial charge in [0.2, 0.25) is 0 Å². The summed E-state index contributed by atoms with van der Waals surface area (Å²) in [6, 6.07) is 8.91. The Morgan fingerprint density at radius 3 is 2.91 bits per heavy atom. The lowest BCUT2D eigenvalue weighted by Crippen LogP contribution is -2.08. The van der Waals surface area contributed by atoms with E-state index in [0.717, 1.165) is 22.4 Å². The Bertz CT molecular complexity index is 817. The molecule has 0 saturated heterocycles. The molecule has 118 valence electrons. The predicted octanol–water partition coefficient (Wildman–Crippen LogP) is 3.86. The van der Waals surface area contributed by atoms with Crippen molar-refractivity contribution in [2.75, 3.05) is 5.32 Å². The molecule has 1 saturated carbocycles. The second-order valence-corrected chi connectivity index (χ2v) is 6.32. The van der Waals surface area contributed by atoms with Gasteiger partial charge in [-0.1, -0.05) is 24.5 Å². The molecular weight excluding hydrogens is 286 g/mol. The molecule has 0 bridgehead atoms. The van der Waals surface area contributed by atoms with E-state index >= 15 is 0 Å². The third-order valence-corrected chi connectivity index (χ3v) is 4.59. The van der Waals surface area contributed by atoms with Crippen molar-refractivity contribution in [1.29, 1.82) is 0 Å². The third kappa shape index (κ3) is 2.91. The van der Waals surface area contributed by atoms with Crippen LogP contribution in [0.25, 0.3) is 10.9 Å². The number of anilines is 1. The highest BCUT2D eigenvalue weighted by atomic mass is 15.3. The average molecular weight is 307 g/mol. The van der Waals surface area contributed by atoms with E-state index in [1.54, 1.807) is 6.33 Å². The molecule has 0 unspecified atom stereocenters. The van der Waals surface area contributed by atoms with Crippen molar-refractivity contribution in [3.63, 3.8) is 0 Å². The van der Waals surface area contributed by atoms with Gasteiger partial charge in [-0.15, -0.1) is 0 Å². The van der Waals surface area contributed by atoms with E-state index in [4.69, 9.17) is 5.10 Å². The number of hydrogen-bond acceptors (Lipinski definition) is 4. The largest absolute Gasteiger partial charge is 0.364 e. The van der Waals surface area contributed by atoms with Crippen molar-refractivity contribution in [2.45, 2.75) is 45.2 Å². The van der Waals surface area contributed by atoms with Crippen LogP contribution >= 0.6 is 0 Å². The molecule has 0 radical (unpaired) electrons. The minimum absolute atomic E-state index is 0.589. The highest BCUT2D eigenvalue weighted by Crippen LogP contribution is 2.28. The Morgan fingerprint density at radius 1 is 1.17 bits per heavy atom. The summed E-state index contributed by atoms with van der Waals surface area (Å²) in [7, 11) is 0. The van der Waals surface area contributed by atoms with Crippen LogP contribution in [0.4, 0.5) is 5.82 Å². The molecule has 1 aliphatic carbocycles. The van der Waals surface area contributed by atoms with Gasteiger partial charge in [0.25, 0.3) is 0 Å². The zero-order valence-electron chi connectivity index (χ0n) is 13.4. The Balaban J connectivity index is 1.52. The van der Waals surface area contributed by atoms with Crippen molar-refractivity contribution in [2.24, 2.45) is 0 Å². The number of nitrogens with one attached hydrogen (secondary N) is 1. The molecule has 1 aliphatic rings. The maximum atomic E-state index is 4.72. The monoisotopic (exact) mass is 307 g/mol. The van der Waals surface area contributed by atoms with Crippen LogP contribution in [0.5, 0.6) is 0 Å². The fourth-order valence-electron chi connectivity index (χ4n) is 3.33. The van der Waals surface area contributed by atoms with Crippen molar-refractivity contribution < 1.29 is 0 Å². The quantitative estimate of drug-likeness (QED) is 0.795. The fourth-order valence-corrected chi connectivity index (χ4v) is 3.33. The van der Waals surface area contributed by atoms with Crippen LogP contribution in [0, 0.1) is 6.92 Å². The van der Waals surface area contributed by atoms with Gasteiger partial charge < -0.3 is 5.32 Å². The Labute approximate surface area is 135 Å². The van der Waals surface area contributed by atoms with Gasteiger partial charge in [-0.25, -0.2) is 9.97 Å². The SMILES string of the molecule is Cc1ccc2ncnc(NCc3ccn(C4CCCC4)n3)c2c1. The minimum Gasteiger partial charge on any atom is -0.364 e. The van der Waals surface area contributed by atoms with Gasteiger partial charge in [-0.2, -0.15) is 5.10 Å². The summed E-state index contributed by atoms with van der Waals surface area (Å²) in [5.74, 6) is 0.870. The maximum absolute atomic E-state index is 4.72. The second kappa shape index (κ2) is 5.99. The lowest BCUT2D eigenvalue weighted by atomic mass is 10.1. The van der Waals surface area contributed by atoms with E-state index in [2.05, 4.69) is 51.3 Å². The van der Waals surface area contributed by atoms with Crippen LogP contribution in [0.15, 0.2) is 36.8 Å². The van der Waals surface area contributed by atoms with Crippen LogP contribution in [0.1, 0.15) is 43.0 Å². The number of rotatable bonds is 4. The molecule has 5 heteroatoms. The van der Waals surface area contributed by atoms with Crippen molar-refractivity contribution in [1.82, 2.24) is 19.7 Å². The number of hydrogen-bond donors (Lipinski definition) is 1. The lowest BCUT2D eigenvalue weighted by molar-refractivity contribution is 0.463. The van der Waals surface area contributed by atoms with Gasteiger partial charge in [0.15, 0.2) is 0 Å². The van der Waals surface area contributed by atoms with Crippen LogP contribution < -0.4 is 5.32 Å². The molecule has 1 fully saturated rings. The van der Waals surface area contributed by atoms with Gasteiger partial charge in [-0.3, -0.25) is 4.68 Å². The first-order chi connectivity index (χ1) is 11.3. The van der Waals surface area contributed by atoms with Gasteiger partial charge in [0.1, 0.15) is 12.1 Å². The molecule has 0 spiro atoms. The zero-order valence-corrected chi connectivity index (χ0v) is 13.4. The summed E-state index contributed by atoms with van der Waals surface area (Å²) >= 11 is 0. The summed E-state index contributed by atoms with van der Waals surface area (Å²) in [6.07, 6.45) is 8.87. The van der Waals surface area contributed by atoms with Crippen molar-refractivity contribution in [3.05, 3.63) is 48.0 Å². The van der Waals surface area contributed by atoms with Gasteiger partial charge >= 0.3 is 0 Å². The maximum Gasteiger partial charge on any atom is 0.137 e. The highest BCUT2D eigenvalue weighted by molar-refractivity contribution is 5.89. The van der Waals surface area contributed by atoms with Gasteiger partial charge in [-0.05, 0) is 38.0 Å². The second-order valence-electron chi connectivity index (χ2n) is 6.32. The molecule has 2 aromatic heterocycles. The normalized spacial score (nSPS) is 15.3. The fraction of sp³-hybridized carbons (Fsp3) is 0.389. The Hall–Kier alpha value is -2.43. The van der Waals surface area contributed by atoms with E-state index in [9.17, 15) is 0 Å². The number of aromatic nitrogens is 4. The van der Waals surface area contributed by atoms with E-state index in [-0.39, 0.29) is 0 Å². The van der Waals surface area contributed by atoms with E-state index in [1.165, 1.54) is 31.2 Å². The van der Waals surface area contributed by atoms with E-state index in [1.807, 2.05) is 6.07 Å². The Morgan fingerprint density at radius 2 is 2.04 bits per heavy atom. The first-order valence-corrected chi connectivity index (χ1v) is 8.29. The number of benzene rings is 1. The summed E-state index contributed by atoms with van der Waals surface area (Å²) in [5, 5.41) is 9.18. The summed E-state index contributed by atoms with van der Waals surface area (Å²) in [5.41, 5.74) is 3.22. The summed E-state index contributed by atoms with van der Waals surface area (Å²) in [4.78, 5) is 8.71. The number of nitrogens with zero attached hydrogens (tertiary/aromatic N) is 4. The summed E-state index contributed by atoms with van der Waals surface area (Å²) in [6.45, 7) is 2.76. The standard InChI is InChI=1S/C18H21N5/c1-13-6-7-17-16(10-13)18(21-12-20-17)19-11-14-8-9-23(22-14)15-4-2-3-5-15/h6-10,12,15H,2-5,11H2,1H3,(H,19,20,21). The molecule has 0 aliphatic heterocycles. The molecule has 1 N–H and O–H groups in total. The summed E-state index contributed by atoms with van der Waals surface area (Å²) < 4.78 is 2.13. The predicted molar refractivity (Wildman–Crippen MR) is 91.3 cm³/mol. The molecule has 5 nitrogen and oxygen atoms in total. The number of aryl methyl sites for hydroxylation is 1. The van der Waals surface area contributed by atoms with Crippen LogP contribution in [-0.4, -0.2) is 19.7 Å². The minimum atomic E-state index is 0.589. The van der Waals surface area contributed by atoms with Crippen LogP contribution in [0.3, 0.4) is 0 Å². The molecule has 1 aromatic carbocycles. The van der Waals surface area contributed by atoms with Crippen LogP contribution in [-0.2, 0) is 6.54 Å². The molecular formula is C18H21N5.